The predicted molar refractivity (Wildman–Crippen MR) is 103 cm³/mol. The number of halogens is 2. The number of rotatable bonds is 6. The van der Waals surface area contributed by atoms with Crippen molar-refractivity contribution in [2.45, 2.75) is 30.9 Å². The van der Waals surface area contributed by atoms with Crippen molar-refractivity contribution in [3.63, 3.8) is 0 Å². The van der Waals surface area contributed by atoms with Crippen LogP contribution < -0.4 is 10.1 Å². The van der Waals surface area contributed by atoms with Gasteiger partial charge in [-0.1, -0.05) is 29.3 Å². The number of carbonyl (C=O) groups excluding carboxylic acids is 1. The van der Waals surface area contributed by atoms with Crippen molar-refractivity contribution in [2.24, 2.45) is 0 Å². The lowest BCUT2D eigenvalue weighted by molar-refractivity contribution is -0.127. The Labute approximate surface area is 163 Å². The molecule has 0 heterocycles. The molecule has 140 valence electrons. The predicted octanol–water partition coefficient (Wildman–Crippen LogP) is 4.04. The van der Waals surface area contributed by atoms with Gasteiger partial charge in [-0.05, 0) is 55.8 Å². The minimum atomic E-state index is -3.27. The summed E-state index contributed by atoms with van der Waals surface area (Å²) in [6.07, 6.45) is 0.356. The third-order valence-electron chi connectivity index (χ3n) is 3.72. The number of carbonyl (C=O) groups is 1. The summed E-state index contributed by atoms with van der Waals surface area (Å²) in [6.45, 7) is 3.41. The molecule has 0 bridgehead atoms. The highest BCUT2D eigenvalue weighted by Crippen LogP contribution is 2.26. The van der Waals surface area contributed by atoms with Crippen molar-refractivity contribution in [3.8, 4) is 5.75 Å². The fourth-order valence-corrected chi connectivity index (χ4v) is 3.49. The first-order chi connectivity index (χ1) is 12.1. The van der Waals surface area contributed by atoms with E-state index in [9.17, 15) is 13.2 Å². The fraction of sp³-hybridized carbons (Fsp3) is 0.278. The minimum absolute atomic E-state index is 0.188. The summed E-state index contributed by atoms with van der Waals surface area (Å²) in [7, 11) is -3.27. The van der Waals surface area contributed by atoms with Crippen LogP contribution in [0.2, 0.25) is 10.0 Å². The first-order valence-corrected chi connectivity index (χ1v) is 10.4. The highest BCUT2D eigenvalue weighted by Gasteiger charge is 2.19. The Balaban J connectivity index is 2.01. The highest BCUT2D eigenvalue weighted by atomic mass is 35.5. The maximum atomic E-state index is 12.3. The Morgan fingerprint density at radius 1 is 1.08 bits per heavy atom. The summed E-state index contributed by atoms with van der Waals surface area (Å²) in [4.78, 5) is 12.5. The number of hydrogen-bond donors (Lipinski definition) is 1. The molecule has 0 aliphatic carbocycles. The Morgan fingerprint density at radius 3 is 2.23 bits per heavy atom. The third-order valence-corrected chi connectivity index (χ3v) is 5.41. The summed E-state index contributed by atoms with van der Waals surface area (Å²) in [6, 6.07) is 10.6. The van der Waals surface area contributed by atoms with E-state index < -0.39 is 15.9 Å². The van der Waals surface area contributed by atoms with Gasteiger partial charge >= 0.3 is 0 Å². The van der Waals surface area contributed by atoms with Crippen LogP contribution in [0.25, 0.3) is 0 Å². The number of amides is 1. The van der Waals surface area contributed by atoms with Crippen molar-refractivity contribution >= 4 is 38.9 Å². The van der Waals surface area contributed by atoms with Crippen molar-refractivity contribution in [3.05, 3.63) is 58.1 Å². The second kappa shape index (κ2) is 8.29. The maximum absolute atomic E-state index is 12.3. The van der Waals surface area contributed by atoms with Crippen LogP contribution in [0.15, 0.2) is 47.4 Å². The molecule has 1 N–H and O–H groups in total. The van der Waals surface area contributed by atoms with Gasteiger partial charge in [0.05, 0.1) is 10.9 Å². The summed E-state index contributed by atoms with van der Waals surface area (Å²) >= 11 is 12.0. The average molecular weight is 416 g/mol. The lowest BCUT2D eigenvalue weighted by atomic mass is 10.1. The largest absolute Gasteiger partial charge is 0.481 e. The molecule has 0 aromatic heterocycles. The molecule has 0 fully saturated rings. The van der Waals surface area contributed by atoms with Crippen molar-refractivity contribution < 1.29 is 17.9 Å². The first kappa shape index (κ1) is 20.6. The first-order valence-electron chi connectivity index (χ1n) is 7.80. The van der Waals surface area contributed by atoms with E-state index in [1.54, 1.807) is 32.0 Å². The van der Waals surface area contributed by atoms with Crippen LogP contribution in [-0.4, -0.2) is 26.7 Å². The normalized spacial score (nSPS) is 13.7. The zero-order valence-corrected chi connectivity index (χ0v) is 16.8. The second-order valence-electron chi connectivity index (χ2n) is 5.90. The van der Waals surface area contributed by atoms with E-state index in [0.29, 0.717) is 15.8 Å². The van der Waals surface area contributed by atoms with Crippen LogP contribution in [0, 0.1) is 0 Å². The van der Waals surface area contributed by atoms with E-state index in [2.05, 4.69) is 5.32 Å². The lowest BCUT2D eigenvalue weighted by Crippen LogP contribution is -2.37. The van der Waals surface area contributed by atoms with Crippen LogP contribution in [-0.2, 0) is 14.6 Å². The molecule has 8 heteroatoms. The van der Waals surface area contributed by atoms with E-state index in [1.165, 1.54) is 24.3 Å². The highest BCUT2D eigenvalue weighted by molar-refractivity contribution is 7.90. The molecule has 0 aliphatic heterocycles. The smallest absolute Gasteiger partial charge is 0.261 e. The van der Waals surface area contributed by atoms with Crippen LogP contribution in [0.5, 0.6) is 5.75 Å². The Kier molecular flexibility index (Phi) is 6.55. The summed E-state index contributed by atoms with van der Waals surface area (Å²) in [5.41, 5.74) is 0.745. The van der Waals surface area contributed by atoms with Gasteiger partial charge in [-0.15, -0.1) is 0 Å². The number of nitrogens with one attached hydrogen (secondary N) is 1. The number of ether oxygens (including phenoxy) is 1. The van der Waals surface area contributed by atoms with Crippen LogP contribution in [0.1, 0.15) is 25.5 Å². The van der Waals surface area contributed by atoms with Crippen LogP contribution in [0.4, 0.5) is 0 Å². The van der Waals surface area contributed by atoms with Gasteiger partial charge in [0.1, 0.15) is 5.75 Å². The molecule has 5 nitrogen and oxygen atoms in total. The molecule has 0 aliphatic rings. The average Bonchev–Trinajstić information content (AvgIpc) is 2.54. The van der Waals surface area contributed by atoms with Crippen molar-refractivity contribution in [1.82, 2.24) is 5.32 Å². The summed E-state index contributed by atoms with van der Waals surface area (Å²) < 4.78 is 28.5. The Bertz CT molecular complexity index is 898. The maximum Gasteiger partial charge on any atom is 0.261 e. The monoisotopic (exact) mass is 415 g/mol. The molecular formula is C18H19Cl2NO4S. The van der Waals surface area contributed by atoms with Crippen LogP contribution >= 0.6 is 23.2 Å². The van der Waals surface area contributed by atoms with E-state index >= 15 is 0 Å². The van der Waals surface area contributed by atoms with Gasteiger partial charge in [-0.25, -0.2) is 8.42 Å². The number of sulfone groups is 1. The molecule has 2 atom stereocenters. The van der Waals surface area contributed by atoms with Crippen molar-refractivity contribution in [1.29, 1.82) is 0 Å². The van der Waals surface area contributed by atoms with Gasteiger partial charge in [0.2, 0.25) is 0 Å². The Morgan fingerprint density at radius 2 is 1.69 bits per heavy atom. The van der Waals surface area contributed by atoms with E-state index in [0.717, 1.165) is 11.8 Å². The molecule has 26 heavy (non-hydrogen) atoms. The minimum Gasteiger partial charge on any atom is -0.481 e. The SMILES string of the molecule is CC(Oc1ccc(S(C)(=O)=O)cc1)C(=O)NC(C)c1ccc(Cl)cc1Cl. The van der Waals surface area contributed by atoms with E-state index in [1.807, 2.05) is 0 Å². The molecule has 2 rings (SSSR count). The standard InChI is InChI=1S/C18H19Cl2NO4S/c1-11(16-9-4-13(19)10-17(16)20)21-18(22)12(2)25-14-5-7-15(8-6-14)26(3,23)24/h4-12H,1-3H3,(H,21,22). The third kappa shape index (κ3) is 5.37. The van der Waals surface area contributed by atoms with Gasteiger partial charge in [-0.2, -0.15) is 0 Å². The number of benzene rings is 2. The zero-order chi connectivity index (χ0) is 19.5. The quantitative estimate of drug-likeness (QED) is 0.772. The second-order valence-corrected chi connectivity index (χ2v) is 8.76. The van der Waals surface area contributed by atoms with Gasteiger partial charge < -0.3 is 10.1 Å². The van der Waals surface area contributed by atoms with E-state index in [-0.39, 0.29) is 16.8 Å². The lowest BCUT2D eigenvalue weighted by Gasteiger charge is -2.20. The molecule has 0 spiro atoms. The summed E-state index contributed by atoms with van der Waals surface area (Å²) in [5.74, 6) is 0.0768. The zero-order valence-electron chi connectivity index (χ0n) is 14.5. The van der Waals surface area contributed by atoms with Crippen molar-refractivity contribution in [2.75, 3.05) is 6.26 Å². The Hall–Kier alpha value is -1.76. The van der Waals surface area contributed by atoms with Gasteiger partial charge in [0.25, 0.3) is 5.91 Å². The number of hydrogen-bond acceptors (Lipinski definition) is 4. The molecule has 0 saturated heterocycles. The molecule has 2 aromatic rings. The topological polar surface area (TPSA) is 72.5 Å². The molecule has 2 aromatic carbocycles. The molecule has 0 saturated carbocycles. The molecular weight excluding hydrogens is 397 g/mol. The molecule has 2 unspecified atom stereocenters. The molecule has 0 radical (unpaired) electrons. The van der Waals surface area contributed by atoms with Gasteiger partial charge in [-0.3, -0.25) is 4.79 Å². The van der Waals surface area contributed by atoms with E-state index in [4.69, 9.17) is 27.9 Å². The van der Waals surface area contributed by atoms with Crippen LogP contribution in [0.3, 0.4) is 0 Å². The molecule has 1 amide bonds. The summed E-state index contributed by atoms with van der Waals surface area (Å²) in [5, 5.41) is 3.81. The van der Waals surface area contributed by atoms with Gasteiger partial charge in [0, 0.05) is 16.3 Å². The van der Waals surface area contributed by atoms with Gasteiger partial charge in [0.15, 0.2) is 15.9 Å². The fourth-order valence-electron chi connectivity index (χ4n) is 2.28.